The van der Waals surface area contributed by atoms with Crippen molar-refractivity contribution in [1.82, 2.24) is 0 Å². The second kappa shape index (κ2) is 10.3. The summed E-state index contributed by atoms with van der Waals surface area (Å²) < 4.78 is 82.9. The lowest BCUT2D eigenvalue weighted by Gasteiger charge is -2.31. The SMILES string of the molecule is COC(c1ccc(C(F)(F)F)cc1)C1CCCCCC(Cc2ccc(C(F)(F)F)cc2)C1=O. The van der Waals surface area contributed by atoms with E-state index in [2.05, 4.69) is 0 Å². The van der Waals surface area contributed by atoms with Crippen LogP contribution in [-0.4, -0.2) is 12.9 Å². The van der Waals surface area contributed by atoms with Crippen LogP contribution in [0.2, 0.25) is 0 Å². The molecule has 0 aromatic heterocycles. The van der Waals surface area contributed by atoms with Crippen molar-refractivity contribution >= 4 is 5.78 Å². The Kier molecular flexibility index (Phi) is 7.88. The van der Waals surface area contributed by atoms with Crippen LogP contribution in [0, 0.1) is 11.8 Å². The van der Waals surface area contributed by atoms with Crippen molar-refractivity contribution in [2.24, 2.45) is 11.8 Å². The summed E-state index contributed by atoms with van der Waals surface area (Å²) in [6.45, 7) is 0. The van der Waals surface area contributed by atoms with Gasteiger partial charge in [0.05, 0.1) is 17.2 Å². The van der Waals surface area contributed by atoms with Crippen molar-refractivity contribution in [3.05, 3.63) is 70.8 Å². The molecule has 0 N–H and O–H groups in total. The van der Waals surface area contributed by atoms with Crippen LogP contribution in [0.25, 0.3) is 0 Å². The number of methoxy groups -OCH3 is 1. The van der Waals surface area contributed by atoms with Crippen molar-refractivity contribution < 1.29 is 35.9 Å². The van der Waals surface area contributed by atoms with Crippen molar-refractivity contribution in [3.63, 3.8) is 0 Å². The zero-order chi connectivity index (χ0) is 24.2. The molecule has 2 aromatic carbocycles. The second-order valence-electron chi connectivity index (χ2n) is 8.52. The predicted molar refractivity (Wildman–Crippen MR) is 111 cm³/mol. The zero-order valence-electron chi connectivity index (χ0n) is 18.2. The first-order chi connectivity index (χ1) is 15.5. The van der Waals surface area contributed by atoms with E-state index in [-0.39, 0.29) is 11.7 Å². The quantitative estimate of drug-likeness (QED) is 0.423. The van der Waals surface area contributed by atoms with Gasteiger partial charge < -0.3 is 4.74 Å². The summed E-state index contributed by atoms with van der Waals surface area (Å²) >= 11 is 0. The maximum Gasteiger partial charge on any atom is 0.416 e. The molecule has 1 aliphatic rings. The van der Waals surface area contributed by atoms with Crippen LogP contribution in [0.5, 0.6) is 0 Å². The topological polar surface area (TPSA) is 26.3 Å². The number of ketones is 1. The number of carbonyl (C=O) groups excluding carboxylic acids is 1. The highest BCUT2D eigenvalue weighted by Crippen LogP contribution is 2.38. The van der Waals surface area contributed by atoms with Crippen molar-refractivity contribution in [2.75, 3.05) is 7.11 Å². The average Bonchev–Trinajstić information content (AvgIpc) is 2.75. The number of hydrogen-bond acceptors (Lipinski definition) is 2. The van der Waals surface area contributed by atoms with Gasteiger partial charge in [-0.05, 0) is 54.7 Å². The largest absolute Gasteiger partial charge is 0.416 e. The number of rotatable bonds is 5. The summed E-state index contributed by atoms with van der Waals surface area (Å²) in [5.41, 5.74) is -0.373. The van der Waals surface area contributed by atoms with E-state index in [4.69, 9.17) is 4.74 Å². The van der Waals surface area contributed by atoms with E-state index < -0.39 is 35.5 Å². The lowest BCUT2D eigenvalue weighted by Crippen LogP contribution is -2.32. The third-order valence-electron chi connectivity index (χ3n) is 6.28. The van der Waals surface area contributed by atoms with Gasteiger partial charge in [0.2, 0.25) is 0 Å². The standard InChI is InChI=1S/C25H26F6O2/c1-33-23(17-9-13-20(14-10-17)25(29,30)31)21-6-4-2-3-5-18(22(21)32)15-16-7-11-19(12-8-16)24(26,27)28/h7-14,18,21,23H,2-6,15H2,1H3. The predicted octanol–water partition coefficient (Wildman–Crippen LogP) is 7.42. The van der Waals surface area contributed by atoms with Gasteiger partial charge in [-0.2, -0.15) is 26.3 Å². The van der Waals surface area contributed by atoms with Crippen LogP contribution in [0.3, 0.4) is 0 Å². The molecule has 0 heterocycles. The number of benzene rings is 2. The fourth-order valence-electron chi connectivity index (χ4n) is 4.53. The summed E-state index contributed by atoms with van der Waals surface area (Å²) in [5, 5.41) is 0. The Labute approximate surface area is 188 Å². The third-order valence-corrected chi connectivity index (χ3v) is 6.28. The Balaban J connectivity index is 1.81. The number of alkyl halides is 6. The van der Waals surface area contributed by atoms with Gasteiger partial charge in [0, 0.05) is 18.9 Å². The first-order valence-corrected chi connectivity index (χ1v) is 10.9. The summed E-state index contributed by atoms with van der Waals surface area (Å²) in [7, 11) is 1.43. The Bertz CT molecular complexity index is 916. The van der Waals surface area contributed by atoms with Crippen LogP contribution < -0.4 is 0 Å². The fourth-order valence-corrected chi connectivity index (χ4v) is 4.53. The molecule has 33 heavy (non-hydrogen) atoms. The first kappa shape index (κ1) is 25.3. The van der Waals surface area contributed by atoms with Crippen LogP contribution in [0.1, 0.15) is 60.5 Å². The maximum atomic E-state index is 13.5. The molecule has 3 atom stereocenters. The lowest BCUT2D eigenvalue weighted by atomic mass is 9.76. The number of Topliss-reactive ketones (excluding diaryl/α,β-unsaturated/α-hetero) is 1. The van der Waals surface area contributed by atoms with Crippen molar-refractivity contribution in [3.8, 4) is 0 Å². The molecule has 1 aliphatic carbocycles. The molecule has 180 valence electrons. The molecular formula is C25H26F6O2. The highest BCUT2D eigenvalue weighted by Gasteiger charge is 2.36. The smallest absolute Gasteiger partial charge is 0.376 e. The van der Waals surface area contributed by atoms with Crippen molar-refractivity contribution in [2.45, 2.75) is 57.0 Å². The van der Waals surface area contributed by atoms with Gasteiger partial charge in [-0.3, -0.25) is 4.79 Å². The van der Waals surface area contributed by atoms with Gasteiger partial charge in [0.15, 0.2) is 0 Å². The van der Waals surface area contributed by atoms with Crippen LogP contribution in [0.4, 0.5) is 26.3 Å². The maximum absolute atomic E-state index is 13.5. The minimum atomic E-state index is -4.45. The van der Waals surface area contributed by atoms with Crippen LogP contribution in [0.15, 0.2) is 48.5 Å². The summed E-state index contributed by atoms with van der Waals surface area (Å²) in [6.07, 6.45) is -5.56. The van der Waals surface area contributed by atoms with E-state index in [0.29, 0.717) is 30.4 Å². The third kappa shape index (κ3) is 6.37. The average molecular weight is 472 g/mol. The van der Waals surface area contributed by atoms with Crippen LogP contribution in [-0.2, 0) is 28.3 Å². The van der Waals surface area contributed by atoms with Gasteiger partial charge in [-0.15, -0.1) is 0 Å². The molecule has 0 amide bonds. The van der Waals surface area contributed by atoms with E-state index in [1.807, 2.05) is 0 Å². The number of carbonyl (C=O) groups is 1. The fraction of sp³-hybridized carbons (Fsp3) is 0.480. The van der Waals surface area contributed by atoms with Crippen molar-refractivity contribution in [1.29, 1.82) is 0 Å². The molecule has 1 saturated carbocycles. The Morgan fingerprint density at radius 1 is 0.818 bits per heavy atom. The second-order valence-corrected chi connectivity index (χ2v) is 8.52. The molecule has 2 aromatic rings. The summed E-state index contributed by atoms with van der Waals surface area (Å²) in [4.78, 5) is 13.5. The molecule has 1 fully saturated rings. The molecule has 8 heteroatoms. The molecule has 3 unspecified atom stereocenters. The van der Waals surface area contributed by atoms with Gasteiger partial charge in [-0.25, -0.2) is 0 Å². The highest BCUT2D eigenvalue weighted by atomic mass is 19.4. The first-order valence-electron chi connectivity index (χ1n) is 10.9. The minimum absolute atomic E-state index is 0.0543. The van der Waals surface area contributed by atoms with E-state index in [1.165, 1.54) is 31.4 Å². The molecular weight excluding hydrogens is 446 g/mol. The number of halogens is 6. The Morgan fingerprint density at radius 3 is 1.85 bits per heavy atom. The minimum Gasteiger partial charge on any atom is -0.376 e. The highest BCUT2D eigenvalue weighted by molar-refractivity contribution is 5.84. The molecule has 0 aliphatic heterocycles. The van der Waals surface area contributed by atoms with Gasteiger partial charge in [-0.1, -0.05) is 43.5 Å². The summed E-state index contributed by atoms with van der Waals surface area (Å²) in [6, 6.07) is 9.46. The lowest BCUT2D eigenvalue weighted by molar-refractivity contribution is -0.138. The Morgan fingerprint density at radius 2 is 1.33 bits per heavy atom. The molecule has 0 spiro atoms. The monoisotopic (exact) mass is 472 g/mol. The normalized spacial score (nSPS) is 21.4. The molecule has 0 radical (unpaired) electrons. The van der Waals surface area contributed by atoms with E-state index >= 15 is 0 Å². The summed E-state index contributed by atoms with van der Waals surface area (Å²) in [5.74, 6) is -0.980. The molecule has 2 nitrogen and oxygen atoms in total. The van der Waals surface area contributed by atoms with Gasteiger partial charge in [0.1, 0.15) is 5.78 Å². The molecule has 3 rings (SSSR count). The zero-order valence-corrected chi connectivity index (χ0v) is 18.2. The molecule has 0 saturated heterocycles. The molecule has 0 bridgehead atoms. The number of hydrogen-bond donors (Lipinski definition) is 0. The Hall–Kier alpha value is -2.35. The van der Waals surface area contributed by atoms with E-state index in [9.17, 15) is 31.1 Å². The van der Waals surface area contributed by atoms with Gasteiger partial charge >= 0.3 is 12.4 Å². The number of ether oxygens (including phenoxy) is 1. The van der Waals surface area contributed by atoms with E-state index in [0.717, 1.165) is 43.5 Å². The van der Waals surface area contributed by atoms with Gasteiger partial charge in [0.25, 0.3) is 0 Å². The van der Waals surface area contributed by atoms with E-state index in [1.54, 1.807) is 0 Å². The van der Waals surface area contributed by atoms with Crippen LogP contribution >= 0.6 is 0 Å².